The van der Waals surface area contributed by atoms with E-state index >= 15 is 0 Å². The number of methoxy groups -OCH3 is 1. The maximum Gasteiger partial charge on any atom is 0.337 e. The van der Waals surface area contributed by atoms with E-state index < -0.39 is 0 Å². The van der Waals surface area contributed by atoms with Gasteiger partial charge in [0.2, 0.25) is 5.91 Å². The van der Waals surface area contributed by atoms with Crippen molar-refractivity contribution in [2.24, 2.45) is 0 Å². The lowest BCUT2D eigenvalue weighted by Gasteiger charge is -2.39. The number of benzene rings is 1. The third-order valence-corrected chi connectivity index (χ3v) is 4.23. The van der Waals surface area contributed by atoms with Crippen LogP contribution in [0.3, 0.4) is 0 Å². The SMILES string of the molecule is COC(=O)c1ccc(NCC(=O)N2[C@H](C)CCC[C@H]2C)cc1. The molecule has 0 unspecified atom stereocenters. The van der Waals surface area contributed by atoms with Crippen molar-refractivity contribution < 1.29 is 14.3 Å². The van der Waals surface area contributed by atoms with E-state index in [1.165, 1.54) is 13.5 Å². The van der Waals surface area contributed by atoms with Crippen LogP contribution in [0.1, 0.15) is 43.5 Å². The van der Waals surface area contributed by atoms with Gasteiger partial charge in [-0.3, -0.25) is 4.79 Å². The normalized spacial score (nSPS) is 21.3. The van der Waals surface area contributed by atoms with E-state index in [1.807, 2.05) is 4.90 Å². The predicted molar refractivity (Wildman–Crippen MR) is 85.9 cm³/mol. The van der Waals surface area contributed by atoms with Crippen LogP contribution in [0, 0.1) is 0 Å². The molecule has 1 saturated heterocycles. The fourth-order valence-corrected chi connectivity index (χ4v) is 3.02. The van der Waals surface area contributed by atoms with Gasteiger partial charge in [-0.25, -0.2) is 4.79 Å². The van der Waals surface area contributed by atoms with Crippen molar-refractivity contribution in [2.45, 2.75) is 45.2 Å². The van der Waals surface area contributed by atoms with Crippen LogP contribution in [0.4, 0.5) is 5.69 Å². The Balaban J connectivity index is 1.92. The summed E-state index contributed by atoms with van der Waals surface area (Å²) >= 11 is 0. The van der Waals surface area contributed by atoms with Crippen molar-refractivity contribution in [1.29, 1.82) is 0 Å². The predicted octanol–water partition coefficient (Wildman–Crippen LogP) is 2.67. The molecule has 22 heavy (non-hydrogen) atoms. The molecule has 1 aliphatic heterocycles. The number of nitrogens with one attached hydrogen (secondary N) is 1. The highest BCUT2D eigenvalue weighted by atomic mass is 16.5. The summed E-state index contributed by atoms with van der Waals surface area (Å²) in [7, 11) is 1.36. The second kappa shape index (κ2) is 7.29. The first-order valence-corrected chi connectivity index (χ1v) is 7.76. The first kappa shape index (κ1) is 16.3. The van der Waals surface area contributed by atoms with Crippen molar-refractivity contribution in [2.75, 3.05) is 19.0 Å². The number of ether oxygens (including phenoxy) is 1. The molecule has 1 aromatic carbocycles. The summed E-state index contributed by atoms with van der Waals surface area (Å²) in [5.74, 6) is -0.240. The zero-order chi connectivity index (χ0) is 16.1. The molecule has 5 nitrogen and oxygen atoms in total. The average Bonchev–Trinajstić information content (AvgIpc) is 2.52. The fourth-order valence-electron chi connectivity index (χ4n) is 3.02. The molecule has 1 aromatic rings. The highest BCUT2D eigenvalue weighted by Crippen LogP contribution is 2.22. The van der Waals surface area contributed by atoms with Gasteiger partial charge in [-0.15, -0.1) is 0 Å². The minimum absolute atomic E-state index is 0.122. The smallest absolute Gasteiger partial charge is 0.337 e. The van der Waals surface area contributed by atoms with Crippen LogP contribution in [-0.4, -0.2) is 42.5 Å². The molecule has 120 valence electrons. The summed E-state index contributed by atoms with van der Waals surface area (Å²) < 4.78 is 4.66. The number of carbonyl (C=O) groups is 2. The van der Waals surface area contributed by atoms with Gasteiger partial charge in [0.05, 0.1) is 19.2 Å². The molecule has 1 fully saturated rings. The molecule has 2 atom stereocenters. The van der Waals surface area contributed by atoms with Crippen molar-refractivity contribution in [3.05, 3.63) is 29.8 Å². The number of piperidine rings is 1. The number of anilines is 1. The van der Waals surface area contributed by atoms with Gasteiger partial charge in [0.1, 0.15) is 0 Å². The zero-order valence-corrected chi connectivity index (χ0v) is 13.5. The van der Waals surface area contributed by atoms with Crippen LogP contribution < -0.4 is 5.32 Å². The minimum Gasteiger partial charge on any atom is -0.465 e. The highest BCUT2D eigenvalue weighted by molar-refractivity contribution is 5.89. The molecule has 0 radical (unpaired) electrons. The van der Waals surface area contributed by atoms with Crippen molar-refractivity contribution in [3.8, 4) is 0 Å². The summed E-state index contributed by atoms with van der Waals surface area (Å²) in [5, 5.41) is 3.12. The van der Waals surface area contributed by atoms with Gasteiger partial charge in [0, 0.05) is 17.8 Å². The number of likely N-dealkylation sites (tertiary alicyclic amines) is 1. The number of nitrogens with zero attached hydrogens (tertiary/aromatic N) is 1. The van der Waals surface area contributed by atoms with Gasteiger partial charge in [-0.2, -0.15) is 0 Å². The third-order valence-electron chi connectivity index (χ3n) is 4.23. The van der Waals surface area contributed by atoms with E-state index in [2.05, 4.69) is 23.9 Å². The number of carbonyl (C=O) groups excluding carboxylic acids is 2. The average molecular weight is 304 g/mol. The Morgan fingerprint density at radius 1 is 1.18 bits per heavy atom. The molecular weight excluding hydrogens is 280 g/mol. The fraction of sp³-hybridized carbons (Fsp3) is 0.529. The van der Waals surface area contributed by atoms with Crippen LogP contribution in [0.25, 0.3) is 0 Å². The second-order valence-electron chi connectivity index (χ2n) is 5.85. The number of esters is 1. The standard InChI is InChI=1S/C17H24N2O3/c1-12-5-4-6-13(2)19(12)16(20)11-18-15-9-7-14(8-10-15)17(21)22-3/h7-10,12-13,18H,4-6,11H2,1-3H3/t12-,13-/m1/s1. The quantitative estimate of drug-likeness (QED) is 0.869. The minimum atomic E-state index is -0.362. The molecular formula is C17H24N2O3. The second-order valence-corrected chi connectivity index (χ2v) is 5.85. The molecule has 0 spiro atoms. The van der Waals surface area contributed by atoms with Crippen LogP contribution in [0.2, 0.25) is 0 Å². The number of hydrogen-bond acceptors (Lipinski definition) is 4. The summed E-state index contributed by atoms with van der Waals surface area (Å²) in [4.78, 5) is 25.8. The van der Waals surface area contributed by atoms with E-state index in [-0.39, 0.29) is 18.4 Å². The van der Waals surface area contributed by atoms with E-state index in [1.54, 1.807) is 24.3 Å². The summed E-state index contributed by atoms with van der Waals surface area (Å²) in [6.45, 7) is 4.49. The topological polar surface area (TPSA) is 58.6 Å². The summed E-state index contributed by atoms with van der Waals surface area (Å²) in [6.07, 6.45) is 3.34. The van der Waals surface area contributed by atoms with Crippen molar-refractivity contribution in [1.82, 2.24) is 4.90 Å². The Labute approximate surface area is 131 Å². The Kier molecular flexibility index (Phi) is 5.41. The first-order chi connectivity index (χ1) is 10.5. The van der Waals surface area contributed by atoms with Crippen LogP contribution >= 0.6 is 0 Å². The van der Waals surface area contributed by atoms with Crippen molar-refractivity contribution >= 4 is 17.6 Å². The lowest BCUT2D eigenvalue weighted by molar-refractivity contribution is -0.135. The van der Waals surface area contributed by atoms with Crippen molar-refractivity contribution in [3.63, 3.8) is 0 Å². The Morgan fingerprint density at radius 2 is 1.77 bits per heavy atom. The molecule has 0 bridgehead atoms. The van der Waals surface area contributed by atoms with Gasteiger partial charge < -0.3 is 15.0 Å². The van der Waals surface area contributed by atoms with Crippen LogP contribution in [-0.2, 0) is 9.53 Å². The molecule has 0 aromatic heterocycles. The van der Waals surface area contributed by atoms with E-state index in [4.69, 9.17) is 0 Å². The van der Waals surface area contributed by atoms with E-state index in [9.17, 15) is 9.59 Å². The summed E-state index contributed by atoms with van der Waals surface area (Å²) in [5.41, 5.74) is 1.32. The Bertz CT molecular complexity index is 517. The van der Waals surface area contributed by atoms with Gasteiger partial charge >= 0.3 is 5.97 Å². The first-order valence-electron chi connectivity index (χ1n) is 7.76. The number of amides is 1. The highest BCUT2D eigenvalue weighted by Gasteiger charge is 2.28. The molecule has 0 aliphatic carbocycles. The molecule has 1 amide bonds. The van der Waals surface area contributed by atoms with Crippen LogP contribution in [0.5, 0.6) is 0 Å². The zero-order valence-electron chi connectivity index (χ0n) is 13.5. The molecule has 1 aliphatic rings. The molecule has 1 N–H and O–H groups in total. The largest absolute Gasteiger partial charge is 0.465 e. The summed E-state index contributed by atoms with van der Waals surface area (Å²) in [6, 6.07) is 7.54. The van der Waals surface area contributed by atoms with E-state index in [0.29, 0.717) is 17.6 Å². The Morgan fingerprint density at radius 3 is 2.32 bits per heavy atom. The molecule has 5 heteroatoms. The van der Waals surface area contributed by atoms with E-state index in [0.717, 1.165) is 18.5 Å². The van der Waals surface area contributed by atoms with Gasteiger partial charge in [-0.1, -0.05) is 0 Å². The van der Waals surface area contributed by atoms with Gasteiger partial charge in [0.15, 0.2) is 0 Å². The number of rotatable bonds is 4. The van der Waals surface area contributed by atoms with Gasteiger partial charge in [0.25, 0.3) is 0 Å². The third kappa shape index (κ3) is 3.78. The Hall–Kier alpha value is -2.04. The maximum absolute atomic E-state index is 12.4. The lowest BCUT2D eigenvalue weighted by atomic mass is 9.97. The monoisotopic (exact) mass is 304 g/mol. The molecule has 1 heterocycles. The molecule has 0 saturated carbocycles. The molecule has 2 rings (SSSR count). The van der Waals surface area contributed by atoms with Gasteiger partial charge in [-0.05, 0) is 57.4 Å². The number of hydrogen-bond donors (Lipinski definition) is 1. The maximum atomic E-state index is 12.4. The van der Waals surface area contributed by atoms with Crippen LogP contribution in [0.15, 0.2) is 24.3 Å². The lowest BCUT2D eigenvalue weighted by Crippen LogP contribution is -2.49.